The number of carbonyl (C=O) groups excluding carboxylic acids is 1. The van der Waals surface area contributed by atoms with Crippen molar-refractivity contribution in [2.75, 3.05) is 18.0 Å². The third-order valence-electron chi connectivity index (χ3n) is 4.53. The summed E-state index contributed by atoms with van der Waals surface area (Å²) in [5.74, 6) is -0.732. The van der Waals surface area contributed by atoms with Crippen molar-refractivity contribution >= 4 is 17.5 Å². The zero-order valence-electron chi connectivity index (χ0n) is 14.9. The van der Waals surface area contributed by atoms with Gasteiger partial charge in [0.2, 0.25) is 0 Å². The van der Waals surface area contributed by atoms with Crippen LogP contribution in [0.25, 0.3) is 0 Å². The smallest absolute Gasteiger partial charge is 0.407 e. The Bertz CT molecular complexity index is 850. The van der Waals surface area contributed by atoms with Gasteiger partial charge in [0.05, 0.1) is 23.6 Å². The van der Waals surface area contributed by atoms with E-state index in [1.165, 1.54) is 11.0 Å². The molecular formula is C19H19F2N3O4. The number of ether oxygens (including phenoxy) is 1. The molecule has 3 rings (SSSR count). The second kappa shape index (κ2) is 8.64. The number of piperidine rings is 1. The van der Waals surface area contributed by atoms with Crippen molar-refractivity contribution < 1.29 is 23.2 Å². The lowest BCUT2D eigenvalue weighted by atomic mass is 10.0. The minimum Gasteiger partial charge on any atom is -0.445 e. The van der Waals surface area contributed by atoms with Gasteiger partial charge in [0.15, 0.2) is 0 Å². The summed E-state index contributed by atoms with van der Waals surface area (Å²) in [6.45, 7) is 0.191. The Balaban J connectivity index is 1.57. The normalized spacial score (nSPS) is 19.1. The molecule has 2 aromatic rings. The third-order valence-corrected chi connectivity index (χ3v) is 4.53. The van der Waals surface area contributed by atoms with Crippen LogP contribution >= 0.6 is 0 Å². The molecule has 0 radical (unpaired) electrons. The number of hydrogen-bond acceptors (Lipinski definition) is 5. The number of nitrogens with zero attached hydrogens (tertiary/aromatic N) is 2. The fourth-order valence-electron chi connectivity index (χ4n) is 3.11. The Morgan fingerprint density at radius 3 is 2.71 bits per heavy atom. The molecule has 1 N–H and O–H groups in total. The van der Waals surface area contributed by atoms with Crippen LogP contribution in [0.15, 0.2) is 48.5 Å². The van der Waals surface area contributed by atoms with Gasteiger partial charge in [0.1, 0.15) is 24.3 Å². The van der Waals surface area contributed by atoms with Crippen molar-refractivity contribution in [3.8, 4) is 0 Å². The van der Waals surface area contributed by atoms with Crippen molar-refractivity contribution in [3.63, 3.8) is 0 Å². The second-order valence-electron chi connectivity index (χ2n) is 6.45. The van der Waals surface area contributed by atoms with Gasteiger partial charge in [0.25, 0.3) is 5.69 Å². The number of alkyl carbamates (subject to hydrolysis) is 1. The standard InChI is InChI=1S/C19H19F2N3O4/c20-14-6-7-17(18(10-14)24(26)27)23-9-8-16(15(21)11-23)22-19(25)28-12-13-4-2-1-3-5-13/h1-7,10,15-16H,8-9,11-12H2,(H,22,25)/t15-,16+/m0/s1. The number of alkyl halides is 1. The Morgan fingerprint density at radius 2 is 2.04 bits per heavy atom. The van der Waals surface area contributed by atoms with E-state index in [2.05, 4.69) is 5.32 Å². The highest BCUT2D eigenvalue weighted by atomic mass is 19.1. The zero-order chi connectivity index (χ0) is 20.1. The lowest BCUT2D eigenvalue weighted by Crippen LogP contribution is -2.52. The molecule has 0 unspecified atom stereocenters. The molecule has 2 atom stereocenters. The number of amides is 1. The molecule has 1 fully saturated rings. The summed E-state index contributed by atoms with van der Waals surface area (Å²) in [7, 11) is 0. The highest BCUT2D eigenvalue weighted by molar-refractivity contribution is 5.68. The van der Waals surface area contributed by atoms with Gasteiger partial charge in [-0.25, -0.2) is 13.6 Å². The van der Waals surface area contributed by atoms with Crippen LogP contribution < -0.4 is 10.2 Å². The van der Waals surface area contributed by atoms with Crippen LogP contribution in [0.4, 0.5) is 25.0 Å². The fraction of sp³-hybridized carbons (Fsp3) is 0.316. The van der Waals surface area contributed by atoms with Crippen LogP contribution in [0.3, 0.4) is 0 Å². The number of benzene rings is 2. The molecular weight excluding hydrogens is 372 g/mol. The van der Waals surface area contributed by atoms with Crippen molar-refractivity contribution in [3.05, 3.63) is 70.0 Å². The number of anilines is 1. The van der Waals surface area contributed by atoms with Crippen LogP contribution in [0.5, 0.6) is 0 Å². The molecule has 1 heterocycles. The molecule has 0 bridgehead atoms. The molecule has 9 heteroatoms. The Morgan fingerprint density at radius 1 is 1.29 bits per heavy atom. The quantitative estimate of drug-likeness (QED) is 0.622. The predicted molar refractivity (Wildman–Crippen MR) is 98.3 cm³/mol. The van der Waals surface area contributed by atoms with Gasteiger partial charge in [-0.05, 0) is 24.1 Å². The van der Waals surface area contributed by atoms with Gasteiger partial charge in [0, 0.05) is 6.54 Å². The van der Waals surface area contributed by atoms with Crippen molar-refractivity contribution in [2.45, 2.75) is 25.2 Å². The van der Waals surface area contributed by atoms with E-state index in [0.29, 0.717) is 0 Å². The van der Waals surface area contributed by atoms with Gasteiger partial charge >= 0.3 is 6.09 Å². The predicted octanol–water partition coefficient (Wildman–Crippen LogP) is 3.58. The molecule has 148 valence electrons. The molecule has 1 amide bonds. The zero-order valence-corrected chi connectivity index (χ0v) is 14.9. The van der Waals surface area contributed by atoms with E-state index in [1.807, 2.05) is 18.2 Å². The lowest BCUT2D eigenvalue weighted by molar-refractivity contribution is -0.384. The highest BCUT2D eigenvalue weighted by Gasteiger charge is 2.33. The Labute approximate surface area is 160 Å². The number of nitrogens with one attached hydrogen (secondary N) is 1. The average Bonchev–Trinajstić information content (AvgIpc) is 2.68. The first kappa shape index (κ1) is 19.5. The first-order valence-corrected chi connectivity index (χ1v) is 8.74. The van der Waals surface area contributed by atoms with Gasteiger partial charge in [-0.15, -0.1) is 0 Å². The number of nitro groups is 1. The van der Waals surface area contributed by atoms with Crippen LogP contribution in [-0.2, 0) is 11.3 Å². The molecule has 0 aliphatic carbocycles. The maximum atomic E-state index is 14.6. The van der Waals surface area contributed by atoms with Gasteiger partial charge in [-0.2, -0.15) is 0 Å². The SMILES string of the molecule is O=C(N[C@@H]1CCN(c2ccc(F)cc2[N+](=O)[O-])C[C@@H]1F)OCc1ccccc1. The molecule has 7 nitrogen and oxygen atoms in total. The van der Waals surface area contributed by atoms with E-state index in [9.17, 15) is 23.7 Å². The second-order valence-corrected chi connectivity index (χ2v) is 6.45. The summed E-state index contributed by atoms with van der Waals surface area (Å²) in [5, 5.41) is 13.6. The maximum absolute atomic E-state index is 14.6. The van der Waals surface area contributed by atoms with Crippen LogP contribution in [-0.4, -0.2) is 36.3 Å². The average molecular weight is 391 g/mol. The van der Waals surface area contributed by atoms with Gasteiger partial charge in [-0.1, -0.05) is 30.3 Å². The Kier molecular flexibility index (Phi) is 6.03. The summed E-state index contributed by atoms with van der Waals surface area (Å²) in [4.78, 5) is 23.8. The van der Waals surface area contributed by atoms with Crippen LogP contribution in [0.2, 0.25) is 0 Å². The number of halogens is 2. The molecule has 1 aliphatic heterocycles. The minimum absolute atomic E-state index is 0.0737. The van der Waals surface area contributed by atoms with E-state index in [-0.39, 0.29) is 31.8 Å². The monoisotopic (exact) mass is 391 g/mol. The first-order chi connectivity index (χ1) is 13.4. The lowest BCUT2D eigenvalue weighted by Gasteiger charge is -2.35. The molecule has 2 aromatic carbocycles. The summed E-state index contributed by atoms with van der Waals surface area (Å²) in [6, 6.07) is 11.5. The fourth-order valence-corrected chi connectivity index (χ4v) is 3.11. The Hall–Kier alpha value is -3.23. The summed E-state index contributed by atoms with van der Waals surface area (Å²) < 4.78 is 33.0. The topological polar surface area (TPSA) is 84.7 Å². The largest absolute Gasteiger partial charge is 0.445 e. The molecule has 0 saturated carbocycles. The molecule has 1 aliphatic rings. The van der Waals surface area contributed by atoms with Crippen molar-refractivity contribution in [1.29, 1.82) is 0 Å². The minimum atomic E-state index is -1.46. The number of hydrogen-bond donors (Lipinski definition) is 1. The highest BCUT2D eigenvalue weighted by Crippen LogP contribution is 2.31. The van der Waals surface area contributed by atoms with E-state index in [4.69, 9.17) is 4.74 Å². The molecule has 0 aromatic heterocycles. The molecule has 28 heavy (non-hydrogen) atoms. The van der Waals surface area contributed by atoms with E-state index in [1.54, 1.807) is 12.1 Å². The number of nitro benzene ring substituents is 1. The van der Waals surface area contributed by atoms with E-state index in [0.717, 1.165) is 17.7 Å². The van der Waals surface area contributed by atoms with Crippen LogP contribution in [0, 0.1) is 15.9 Å². The summed E-state index contributed by atoms with van der Waals surface area (Å²) >= 11 is 0. The first-order valence-electron chi connectivity index (χ1n) is 8.74. The summed E-state index contributed by atoms with van der Waals surface area (Å²) in [6.07, 6.45) is -1.95. The van der Waals surface area contributed by atoms with E-state index >= 15 is 0 Å². The van der Waals surface area contributed by atoms with Gasteiger partial charge in [-0.3, -0.25) is 10.1 Å². The maximum Gasteiger partial charge on any atom is 0.407 e. The van der Waals surface area contributed by atoms with E-state index < -0.39 is 34.7 Å². The number of carbonyl (C=O) groups is 1. The van der Waals surface area contributed by atoms with Crippen molar-refractivity contribution in [1.82, 2.24) is 5.32 Å². The van der Waals surface area contributed by atoms with Gasteiger partial charge < -0.3 is 15.0 Å². The third kappa shape index (κ3) is 4.73. The summed E-state index contributed by atoms with van der Waals surface area (Å²) in [5.41, 5.74) is 0.549. The molecule has 0 spiro atoms. The molecule has 1 saturated heterocycles. The van der Waals surface area contributed by atoms with Crippen LogP contribution in [0.1, 0.15) is 12.0 Å². The number of rotatable bonds is 5. The van der Waals surface area contributed by atoms with Crippen molar-refractivity contribution in [2.24, 2.45) is 0 Å².